The highest BCUT2D eigenvalue weighted by molar-refractivity contribution is 7.51. The van der Waals surface area contributed by atoms with E-state index in [1.807, 2.05) is 13.8 Å². The number of fused-ring (bicyclic) bond motifs is 15. The van der Waals surface area contributed by atoms with Gasteiger partial charge in [0.1, 0.15) is 89.5 Å². The van der Waals surface area contributed by atoms with Crippen molar-refractivity contribution in [3.05, 3.63) is 116 Å². The molecule has 0 aliphatic carbocycles. The van der Waals surface area contributed by atoms with Gasteiger partial charge in [-0.25, -0.2) is 4.79 Å². The number of carboxylic acids is 1. The number of phenols is 3. The highest BCUT2D eigenvalue weighted by atomic mass is 35.5. The molecule has 7 amide bonds. The number of likely N-dealkylation sites (N-methyl/N-ethyl adjacent to an activating group) is 1. The van der Waals surface area contributed by atoms with Gasteiger partial charge in [-0.1, -0.05) is 107 Å². The summed E-state index contributed by atoms with van der Waals surface area (Å²) in [5.74, 6) is -17.1. The molecule has 2 saturated heterocycles. The number of aliphatic carboxylic acids is 1. The molecule has 0 unspecified atom stereocenters. The summed E-state index contributed by atoms with van der Waals surface area (Å²) in [6.07, 6.45) is -10.6. The molecule has 0 saturated carbocycles. The molecular weight excluding hydrogens is 1680 g/mol. The number of unbranched alkanes of at least 4 members (excludes halogenated alkanes) is 7. The van der Waals surface area contributed by atoms with Crippen molar-refractivity contribution >= 4 is 90.5 Å². The minimum Gasteiger partial charge on any atom is -0.507 e. The smallest absolute Gasteiger partial charge is 0.339 e. The van der Waals surface area contributed by atoms with E-state index in [-0.39, 0.29) is 53.1 Å². The first kappa shape index (κ1) is 97.0. The van der Waals surface area contributed by atoms with Crippen LogP contribution in [0.2, 0.25) is 10.0 Å². The zero-order valence-corrected chi connectivity index (χ0v) is 70.7. The van der Waals surface area contributed by atoms with Crippen molar-refractivity contribution < 1.29 is 132 Å². The summed E-state index contributed by atoms with van der Waals surface area (Å²) < 4.78 is 51.4. The number of rotatable bonds is 30. The Hall–Kier alpha value is -8.84. The van der Waals surface area contributed by atoms with Gasteiger partial charge in [-0.15, -0.1) is 12.4 Å². The van der Waals surface area contributed by atoms with Crippen molar-refractivity contribution in [3.8, 4) is 57.1 Å². The number of hydrogen-bond donors (Lipinski definition) is 23. The van der Waals surface area contributed by atoms with Crippen molar-refractivity contribution in [3.63, 3.8) is 0 Å². The van der Waals surface area contributed by atoms with E-state index in [1.165, 1.54) is 51.3 Å². The van der Waals surface area contributed by atoms with E-state index < -0.39 is 269 Å². The Morgan fingerprint density at radius 1 is 0.697 bits per heavy atom. The van der Waals surface area contributed by atoms with Gasteiger partial charge in [0.2, 0.25) is 53.4 Å². The fraction of sp³-hybridized carbons (Fsp3) is 0.525. The lowest BCUT2D eigenvalue weighted by Gasteiger charge is -2.48. The molecule has 42 heteroatoms. The second-order valence-electron chi connectivity index (χ2n) is 31.3. The third-order valence-electron chi connectivity index (χ3n) is 21.7. The standard InChI is InChI=1S/C80H106Cl2N11O27P.ClH/c1-7-8-9-10-11-12-13-14-21-85-22-23-87-80(5)32-57(115-37(4)71(80)103)119-70-68(102)67(101)55(34-94)118-79(70)120-69-53-28-41-29-54(69)117-52-20-17-40(27-46(52)82)65(99)63-77(109)91-61(78(110)111)43-30-50(96)44(33-86-35-121(112,113)114)66(100)58(43)42-25-38(15-18-49(42)95)59(74(106)93-63)90-75(107)60(41)89-73(105)48(31-56(83)97)88-76(108)62(92-72(104)47(84-6)24-36(2)3)64(98)39-16-19-51(116-53)45(81)26-39;/h15-20,25-30,36-37,47-48,55,57,59-65,67-68,70-71,79,84-87,94-96,98-103H,7-14,21-24,31-35H2,1-6H3,(H2,83,97)(H,88,108)(H,89,105)(H,90,107)(H,91,109)(H,92,104)(H,93,106)(H,110,111)(H2,112,113,114);1H/t37-,47+,48-,55+,57-,59+,60+,61-,62+,63-,64-,65+,67+,68-,70+,71+,79-,80-;/m0./s1. The number of carboxylic acid groups (broad SMARTS) is 1. The number of aliphatic hydroxyl groups excluding tert-OH is 6. The van der Waals surface area contributed by atoms with Gasteiger partial charge in [-0.3, -0.25) is 38.1 Å². The van der Waals surface area contributed by atoms with E-state index in [9.17, 15) is 79.8 Å². The fourth-order valence-corrected chi connectivity index (χ4v) is 16.0. The van der Waals surface area contributed by atoms with Gasteiger partial charge in [0.15, 0.2) is 29.9 Å². The van der Waals surface area contributed by atoms with Gasteiger partial charge in [0.05, 0.1) is 53.2 Å². The zero-order chi connectivity index (χ0) is 88.2. The predicted molar refractivity (Wildman–Crippen MR) is 440 cm³/mol. The molecule has 12 rings (SSSR count). The van der Waals surface area contributed by atoms with Crippen molar-refractivity contribution in [2.45, 2.75) is 221 Å². The van der Waals surface area contributed by atoms with Crippen molar-refractivity contribution in [1.29, 1.82) is 0 Å². The Bertz CT molecular complexity index is 4650. The molecular formula is C80H107Cl3N11O27P. The predicted octanol–water partition coefficient (Wildman–Crippen LogP) is 3.11. The van der Waals surface area contributed by atoms with Crippen molar-refractivity contribution in [1.82, 2.24) is 53.2 Å². The number of halogens is 3. The van der Waals surface area contributed by atoms with Gasteiger partial charge < -0.3 is 148 Å². The molecule has 0 radical (unpaired) electrons. The highest BCUT2D eigenvalue weighted by Gasteiger charge is 2.52. The maximum atomic E-state index is 16.3. The minimum absolute atomic E-state index is 0. The number of nitrogens with one attached hydrogen (secondary N) is 10. The lowest BCUT2D eigenvalue weighted by Crippen LogP contribution is -2.65. The number of amides is 7. The minimum atomic E-state index is -4.85. The number of primary amides is 1. The molecule has 7 aliphatic heterocycles. The average molecular weight is 1790 g/mol. The van der Waals surface area contributed by atoms with Crippen molar-refractivity contribution in [2.75, 3.05) is 39.6 Å². The van der Waals surface area contributed by atoms with E-state index in [4.69, 9.17) is 57.4 Å². The molecule has 122 heavy (non-hydrogen) atoms. The maximum Gasteiger partial charge on any atom is 0.339 e. The number of carbonyl (C=O) groups is 8. The van der Waals surface area contributed by atoms with Crippen LogP contribution in [-0.2, 0) is 63.7 Å². The molecule has 0 aromatic heterocycles. The highest BCUT2D eigenvalue weighted by Crippen LogP contribution is 2.51. The van der Waals surface area contributed by atoms with Gasteiger partial charge in [0.25, 0.3) is 0 Å². The molecule has 5 aromatic rings. The summed E-state index contributed by atoms with van der Waals surface area (Å²) in [5, 5.41) is 144. The molecule has 0 spiro atoms. The summed E-state index contributed by atoms with van der Waals surface area (Å²) >= 11 is 14.3. The first-order chi connectivity index (χ1) is 57.3. The normalized spacial score (nSPS) is 26.5. The van der Waals surface area contributed by atoms with Gasteiger partial charge in [-0.2, -0.15) is 0 Å². The fourth-order valence-electron chi connectivity index (χ4n) is 15.2. The number of carbonyl (C=O) groups excluding carboxylic acids is 7. The molecule has 18 atom stereocenters. The molecule has 7 aliphatic rings. The van der Waals surface area contributed by atoms with Crippen LogP contribution < -0.4 is 73.1 Å². The van der Waals surface area contributed by atoms with Gasteiger partial charge >= 0.3 is 13.6 Å². The molecule has 2 fully saturated rings. The van der Waals surface area contributed by atoms with E-state index in [1.54, 1.807) is 13.8 Å². The van der Waals surface area contributed by atoms with E-state index in [2.05, 4.69) is 60.1 Å². The van der Waals surface area contributed by atoms with Gasteiger partial charge in [-0.05, 0) is 123 Å². The molecule has 670 valence electrons. The van der Waals surface area contributed by atoms with Crippen LogP contribution in [0.5, 0.6) is 46.0 Å². The third kappa shape index (κ3) is 23.6. The van der Waals surface area contributed by atoms with Crippen LogP contribution in [0, 0.1) is 5.92 Å². The Kier molecular flexibility index (Phi) is 33.9. The van der Waals surface area contributed by atoms with E-state index in [0.29, 0.717) is 13.1 Å². The van der Waals surface area contributed by atoms with Crippen LogP contribution in [-0.4, -0.2) is 227 Å². The van der Waals surface area contributed by atoms with Crippen LogP contribution >= 0.6 is 43.2 Å². The van der Waals surface area contributed by atoms with E-state index in [0.717, 1.165) is 86.5 Å². The number of phenolic OH excluding ortho intramolecular Hbond substituents is 3. The Balaban J connectivity index is 0.0000169. The first-order valence-electron chi connectivity index (χ1n) is 39.7. The second-order valence-corrected chi connectivity index (χ2v) is 33.7. The second kappa shape index (κ2) is 42.7. The topological polar surface area (TPSA) is 598 Å². The number of benzene rings is 5. The van der Waals surface area contributed by atoms with Crippen LogP contribution in [0.25, 0.3) is 11.1 Å². The van der Waals surface area contributed by atoms with Crippen LogP contribution in [0.1, 0.15) is 169 Å². The SMILES string of the molecule is CCCCCCCCCCNCCN[C@@]1(C)C[C@H](O[C@H]2[C@H](Oc3c4cc5cc3Oc3ccc(cc3Cl)[C@H](O)[C@@H](NC(=O)[C@@H](CC(C)C)NC)C(=O)N[C@@H](CC(N)=O)C(=O)N[C@H]5C(=O)N[C@H]3C(=O)N[C@H](C(=O)N[C@H](C(=O)O)c5cc(O)c(CNCP(=O)(O)O)c(O)c5-c5cc3ccc5O)[C@H](O)c3ccc(c(Cl)c3)O4)O[C@H](CO)[C@@H](O)[C@@H]2O)O[C@@H](C)[C@H]1O.Cl. The number of aliphatic hydroxyl groups is 6. The first-order valence-corrected chi connectivity index (χ1v) is 42.3. The van der Waals surface area contributed by atoms with Crippen LogP contribution in [0.3, 0.4) is 0 Å². The summed E-state index contributed by atoms with van der Waals surface area (Å²) in [6.45, 7) is 8.98. The number of ether oxygens (including phenoxy) is 6. The lowest BCUT2D eigenvalue weighted by atomic mass is 9.85. The molecule has 7 heterocycles. The summed E-state index contributed by atoms with van der Waals surface area (Å²) in [5.41, 5.74) is 0.545. The maximum absolute atomic E-state index is 16.3. The van der Waals surface area contributed by atoms with Gasteiger partial charge in [0, 0.05) is 48.3 Å². The van der Waals surface area contributed by atoms with Crippen LogP contribution in [0.15, 0.2) is 72.8 Å². The summed E-state index contributed by atoms with van der Waals surface area (Å²) in [6, 6.07) is -2.39. The quantitative estimate of drug-likeness (QED) is 0.0232. The summed E-state index contributed by atoms with van der Waals surface area (Å²) in [7, 11) is -3.38. The zero-order valence-electron chi connectivity index (χ0n) is 67.5. The molecule has 11 bridgehead atoms. The molecule has 24 N–H and O–H groups in total. The number of aromatic hydroxyl groups is 3. The third-order valence-corrected chi connectivity index (χ3v) is 22.9. The van der Waals surface area contributed by atoms with Crippen molar-refractivity contribution in [2.24, 2.45) is 11.7 Å². The number of nitrogens with two attached hydrogens (primary N) is 1. The lowest BCUT2D eigenvalue weighted by molar-refractivity contribution is -0.334. The van der Waals surface area contributed by atoms with Crippen LogP contribution in [0.4, 0.5) is 0 Å². The summed E-state index contributed by atoms with van der Waals surface area (Å²) in [4.78, 5) is 138. The average Bonchev–Trinajstić information content (AvgIpc) is 0.393. The molecule has 5 aromatic carbocycles. The Labute approximate surface area is 717 Å². The Morgan fingerprint density at radius 3 is 1.90 bits per heavy atom. The monoisotopic (exact) mass is 1790 g/mol. The largest absolute Gasteiger partial charge is 0.507 e. The van der Waals surface area contributed by atoms with E-state index >= 15 is 24.0 Å². The molecule has 38 nitrogen and oxygen atoms in total. The Morgan fingerprint density at radius 2 is 1.30 bits per heavy atom. The number of hydrogen-bond acceptors (Lipinski definition) is 28.